The molecule has 2 amide bonds. The Kier molecular flexibility index (Phi) is 8.22. The second-order valence-corrected chi connectivity index (χ2v) is 8.81. The summed E-state index contributed by atoms with van der Waals surface area (Å²) in [5.41, 5.74) is 1.43. The minimum Gasteiger partial charge on any atom is -0.490 e. The van der Waals surface area contributed by atoms with E-state index in [9.17, 15) is 14.4 Å². The molecule has 0 bridgehead atoms. The Bertz CT molecular complexity index is 1070. The van der Waals surface area contributed by atoms with E-state index in [0.717, 1.165) is 17.3 Å². The number of carbonyl (C=O) groups excluding carboxylic acids is 3. The zero-order valence-corrected chi connectivity index (χ0v) is 20.4. The van der Waals surface area contributed by atoms with Crippen LogP contribution in [0.3, 0.4) is 0 Å². The Labute approximate surface area is 202 Å². The zero-order valence-electron chi connectivity index (χ0n) is 17.2. The number of rotatable bonds is 8. The fourth-order valence-electron chi connectivity index (χ4n) is 2.82. The number of imide groups is 1. The van der Waals surface area contributed by atoms with Gasteiger partial charge in [0, 0.05) is 5.02 Å². The number of esters is 1. The Morgan fingerprint density at radius 1 is 1.19 bits per heavy atom. The molecular weight excluding hydrogens is 522 g/mol. The van der Waals surface area contributed by atoms with Crippen molar-refractivity contribution in [3.05, 3.63) is 61.9 Å². The number of carbonyl (C=O) groups is 3. The maximum absolute atomic E-state index is 12.8. The highest BCUT2D eigenvalue weighted by molar-refractivity contribution is 9.10. The van der Waals surface area contributed by atoms with Crippen LogP contribution < -0.4 is 9.47 Å². The topological polar surface area (TPSA) is 82.1 Å². The third kappa shape index (κ3) is 5.85. The van der Waals surface area contributed by atoms with E-state index in [-0.39, 0.29) is 24.3 Å². The third-order valence-electron chi connectivity index (χ3n) is 4.32. The number of ether oxygens (including phenoxy) is 3. The second-order valence-electron chi connectivity index (χ2n) is 6.52. The van der Waals surface area contributed by atoms with Gasteiger partial charge in [-0.2, -0.15) is 0 Å². The van der Waals surface area contributed by atoms with Crippen molar-refractivity contribution in [3.63, 3.8) is 0 Å². The highest BCUT2D eigenvalue weighted by atomic mass is 79.9. The lowest BCUT2D eigenvalue weighted by Gasteiger charge is -2.14. The number of halogens is 2. The summed E-state index contributed by atoms with van der Waals surface area (Å²) in [6.45, 7) is 2.06. The van der Waals surface area contributed by atoms with E-state index in [4.69, 9.17) is 21.1 Å². The maximum Gasteiger partial charge on any atom is 0.343 e. The van der Waals surface area contributed by atoms with Gasteiger partial charge < -0.3 is 14.2 Å². The third-order valence-corrected chi connectivity index (χ3v) is 6.07. The molecule has 3 rings (SSSR count). The van der Waals surface area contributed by atoms with Crippen LogP contribution in [0.15, 0.2) is 45.8 Å². The molecule has 0 N–H and O–H groups in total. The van der Waals surface area contributed by atoms with Crippen LogP contribution in [0.1, 0.15) is 18.1 Å². The Balaban J connectivity index is 1.83. The van der Waals surface area contributed by atoms with Gasteiger partial charge in [0.15, 0.2) is 18.1 Å². The van der Waals surface area contributed by atoms with E-state index in [0.29, 0.717) is 38.1 Å². The Hall–Kier alpha value is -2.49. The van der Waals surface area contributed by atoms with Crippen LogP contribution in [-0.4, -0.2) is 42.3 Å². The monoisotopic (exact) mass is 539 g/mol. The zero-order chi connectivity index (χ0) is 23.3. The molecule has 0 saturated carbocycles. The molecule has 168 valence electrons. The molecule has 0 aliphatic carbocycles. The Morgan fingerprint density at radius 2 is 1.91 bits per heavy atom. The lowest BCUT2D eigenvalue weighted by Crippen LogP contribution is -2.27. The van der Waals surface area contributed by atoms with Gasteiger partial charge in [-0.15, -0.1) is 0 Å². The molecule has 10 heteroatoms. The first-order valence-electron chi connectivity index (χ1n) is 9.48. The first-order chi connectivity index (χ1) is 15.3. The predicted molar refractivity (Wildman–Crippen MR) is 126 cm³/mol. The first-order valence-corrected chi connectivity index (χ1v) is 11.5. The largest absolute Gasteiger partial charge is 0.490 e. The summed E-state index contributed by atoms with van der Waals surface area (Å²) in [4.78, 5) is 38.2. The molecule has 2 aromatic rings. The lowest BCUT2D eigenvalue weighted by atomic mass is 10.1. The average Bonchev–Trinajstić information content (AvgIpc) is 3.02. The highest BCUT2D eigenvalue weighted by Gasteiger charge is 2.35. The van der Waals surface area contributed by atoms with Crippen LogP contribution in [-0.2, 0) is 20.9 Å². The van der Waals surface area contributed by atoms with Crippen molar-refractivity contribution >= 4 is 62.5 Å². The normalized spacial score (nSPS) is 14.8. The summed E-state index contributed by atoms with van der Waals surface area (Å²) >= 11 is 10.2. The van der Waals surface area contributed by atoms with Gasteiger partial charge in [-0.25, -0.2) is 4.79 Å². The van der Waals surface area contributed by atoms with Gasteiger partial charge in [-0.05, 0) is 76.1 Å². The SMILES string of the molecule is CCOc1cc(/C=C2\SC(=O)N(Cc3ccc(Cl)cc3)C2=O)cc(Br)c1OCC(=O)OC. The quantitative estimate of drug-likeness (QED) is 0.332. The molecule has 1 aliphatic rings. The summed E-state index contributed by atoms with van der Waals surface area (Å²) in [5.74, 6) is -0.185. The fraction of sp³-hybridized carbons (Fsp3) is 0.227. The van der Waals surface area contributed by atoms with E-state index in [1.807, 2.05) is 6.92 Å². The van der Waals surface area contributed by atoms with E-state index in [1.165, 1.54) is 12.0 Å². The molecule has 1 saturated heterocycles. The highest BCUT2D eigenvalue weighted by Crippen LogP contribution is 2.39. The van der Waals surface area contributed by atoms with Gasteiger partial charge in [0.25, 0.3) is 11.1 Å². The average molecular weight is 541 g/mol. The molecule has 0 radical (unpaired) electrons. The number of methoxy groups -OCH3 is 1. The number of thioether (sulfide) groups is 1. The molecule has 0 unspecified atom stereocenters. The number of benzene rings is 2. The van der Waals surface area contributed by atoms with Crippen molar-refractivity contribution in [1.82, 2.24) is 4.90 Å². The van der Waals surface area contributed by atoms with Crippen LogP contribution in [0.5, 0.6) is 11.5 Å². The van der Waals surface area contributed by atoms with Crippen molar-refractivity contribution < 1.29 is 28.6 Å². The van der Waals surface area contributed by atoms with Crippen molar-refractivity contribution in [2.45, 2.75) is 13.5 Å². The van der Waals surface area contributed by atoms with Crippen molar-refractivity contribution in [2.75, 3.05) is 20.3 Å². The van der Waals surface area contributed by atoms with Crippen LogP contribution >= 0.6 is 39.3 Å². The molecule has 0 atom stereocenters. The van der Waals surface area contributed by atoms with Crippen molar-refractivity contribution in [1.29, 1.82) is 0 Å². The molecule has 32 heavy (non-hydrogen) atoms. The summed E-state index contributed by atoms with van der Waals surface area (Å²) in [5, 5.41) is 0.232. The molecular formula is C22H19BrClNO6S. The van der Waals surface area contributed by atoms with Gasteiger partial charge in [-0.1, -0.05) is 23.7 Å². The van der Waals surface area contributed by atoms with Crippen molar-refractivity contribution in [2.24, 2.45) is 0 Å². The summed E-state index contributed by atoms with van der Waals surface area (Å²) in [6.07, 6.45) is 1.62. The van der Waals surface area contributed by atoms with E-state index < -0.39 is 5.97 Å². The predicted octanol–water partition coefficient (Wildman–Crippen LogP) is 5.29. The molecule has 1 heterocycles. The molecule has 2 aromatic carbocycles. The minimum atomic E-state index is -0.530. The molecule has 1 fully saturated rings. The van der Waals surface area contributed by atoms with Gasteiger partial charge >= 0.3 is 5.97 Å². The minimum absolute atomic E-state index is 0.160. The maximum atomic E-state index is 12.8. The number of nitrogens with zero attached hydrogens (tertiary/aromatic N) is 1. The molecule has 0 aromatic heterocycles. The van der Waals surface area contributed by atoms with E-state index in [1.54, 1.807) is 42.5 Å². The summed E-state index contributed by atoms with van der Waals surface area (Å²) < 4.78 is 16.3. The van der Waals surface area contributed by atoms with Crippen LogP contribution in [0.2, 0.25) is 5.02 Å². The van der Waals surface area contributed by atoms with Gasteiger partial charge in [0.2, 0.25) is 0 Å². The molecule has 1 aliphatic heterocycles. The van der Waals surface area contributed by atoms with Crippen LogP contribution in [0.25, 0.3) is 6.08 Å². The second kappa shape index (κ2) is 10.9. The summed E-state index contributed by atoms with van der Waals surface area (Å²) in [7, 11) is 1.27. The van der Waals surface area contributed by atoms with Crippen LogP contribution in [0, 0.1) is 0 Å². The lowest BCUT2D eigenvalue weighted by molar-refractivity contribution is -0.143. The fourth-order valence-corrected chi connectivity index (χ4v) is 4.36. The Morgan fingerprint density at radius 3 is 2.56 bits per heavy atom. The standard InChI is InChI=1S/C22H19BrClNO6S/c1-3-30-17-9-14(8-16(23)20(17)31-12-19(26)29-2)10-18-21(27)25(22(28)32-18)11-13-4-6-15(24)7-5-13/h4-10H,3,11-12H2,1-2H3/b18-10-. The first kappa shape index (κ1) is 24.2. The number of amides is 2. The number of hydrogen-bond donors (Lipinski definition) is 0. The van der Waals surface area contributed by atoms with Gasteiger partial charge in [0.1, 0.15) is 0 Å². The summed E-state index contributed by atoms with van der Waals surface area (Å²) in [6, 6.07) is 10.3. The van der Waals surface area contributed by atoms with Crippen LogP contribution in [0.4, 0.5) is 4.79 Å². The molecule has 7 nitrogen and oxygen atoms in total. The van der Waals surface area contributed by atoms with Gasteiger partial charge in [-0.3, -0.25) is 14.5 Å². The van der Waals surface area contributed by atoms with Crippen molar-refractivity contribution in [3.8, 4) is 11.5 Å². The van der Waals surface area contributed by atoms with Gasteiger partial charge in [0.05, 0.1) is 29.6 Å². The van der Waals surface area contributed by atoms with E-state index in [2.05, 4.69) is 20.7 Å². The smallest absolute Gasteiger partial charge is 0.343 e. The molecule has 0 spiro atoms. The van der Waals surface area contributed by atoms with E-state index >= 15 is 0 Å². The number of hydrogen-bond acceptors (Lipinski definition) is 7.